The Kier molecular flexibility index (Phi) is 11.1. The van der Waals surface area contributed by atoms with Gasteiger partial charge in [-0.3, -0.25) is 4.99 Å². The number of halogens is 1. The molecule has 0 saturated carbocycles. The summed E-state index contributed by atoms with van der Waals surface area (Å²) in [4.78, 5) is 16.8. The van der Waals surface area contributed by atoms with E-state index in [2.05, 4.69) is 51.0 Å². The Labute approximate surface area is 194 Å². The molecule has 1 N–H and O–H groups in total. The van der Waals surface area contributed by atoms with Crippen molar-refractivity contribution in [2.24, 2.45) is 10.9 Å². The first-order chi connectivity index (χ1) is 13.8. The molecule has 2 aliphatic heterocycles. The molecule has 0 bridgehead atoms. The lowest BCUT2D eigenvalue weighted by atomic mass is 9.99. The molecule has 7 heteroatoms. The summed E-state index contributed by atoms with van der Waals surface area (Å²) in [5, 5.41) is 3.48. The molecular formula is C22H39IN6. The highest BCUT2D eigenvalue weighted by molar-refractivity contribution is 14.0. The summed E-state index contributed by atoms with van der Waals surface area (Å²) in [6.45, 7) is 14.2. The highest BCUT2D eigenvalue weighted by atomic mass is 127. The maximum absolute atomic E-state index is 4.91. The zero-order valence-electron chi connectivity index (χ0n) is 18.2. The van der Waals surface area contributed by atoms with Crippen LogP contribution in [-0.4, -0.2) is 79.6 Å². The highest BCUT2D eigenvalue weighted by Gasteiger charge is 2.20. The molecule has 0 aromatic carbocycles. The number of unbranched alkanes of at least 4 members (excludes halogenated alkanes) is 1. The van der Waals surface area contributed by atoms with Gasteiger partial charge in [0.05, 0.1) is 0 Å². The SMILES string of the molecule is CCNC(=NCCCCN1CCC(C)CC1)N1CCN(c2ccccn2)CC1.I. The highest BCUT2D eigenvalue weighted by Crippen LogP contribution is 2.16. The van der Waals surface area contributed by atoms with Crippen molar-refractivity contribution in [2.75, 3.05) is 63.8 Å². The number of nitrogens with one attached hydrogen (secondary N) is 1. The van der Waals surface area contributed by atoms with Gasteiger partial charge in [-0.15, -0.1) is 24.0 Å². The van der Waals surface area contributed by atoms with E-state index in [0.29, 0.717) is 0 Å². The normalized spacial score (nSPS) is 19.2. The van der Waals surface area contributed by atoms with Gasteiger partial charge in [0.2, 0.25) is 0 Å². The number of aliphatic imine (C=N–C) groups is 1. The van der Waals surface area contributed by atoms with Gasteiger partial charge < -0.3 is 20.0 Å². The van der Waals surface area contributed by atoms with Crippen LogP contribution in [0.5, 0.6) is 0 Å². The van der Waals surface area contributed by atoms with E-state index in [9.17, 15) is 0 Å². The molecule has 2 fully saturated rings. The number of hydrogen-bond donors (Lipinski definition) is 1. The Hall–Kier alpha value is -1.09. The molecular weight excluding hydrogens is 475 g/mol. The molecule has 3 heterocycles. The van der Waals surface area contributed by atoms with Gasteiger partial charge in [0.15, 0.2) is 5.96 Å². The first-order valence-corrected chi connectivity index (χ1v) is 11.2. The Morgan fingerprint density at radius 2 is 1.86 bits per heavy atom. The summed E-state index contributed by atoms with van der Waals surface area (Å²) in [6, 6.07) is 6.13. The summed E-state index contributed by atoms with van der Waals surface area (Å²) in [6.07, 6.45) is 7.04. The molecule has 0 amide bonds. The number of piperidine rings is 1. The quantitative estimate of drug-likeness (QED) is 0.262. The third kappa shape index (κ3) is 7.92. The third-order valence-electron chi connectivity index (χ3n) is 5.91. The Morgan fingerprint density at radius 3 is 2.52 bits per heavy atom. The second kappa shape index (κ2) is 13.3. The van der Waals surface area contributed by atoms with Crippen LogP contribution < -0.4 is 10.2 Å². The number of hydrogen-bond acceptors (Lipinski definition) is 4. The zero-order chi connectivity index (χ0) is 19.6. The molecule has 0 unspecified atom stereocenters. The van der Waals surface area contributed by atoms with E-state index in [4.69, 9.17) is 4.99 Å². The van der Waals surface area contributed by atoms with Gasteiger partial charge in [-0.1, -0.05) is 13.0 Å². The van der Waals surface area contributed by atoms with E-state index in [1.807, 2.05) is 12.3 Å². The summed E-state index contributed by atoms with van der Waals surface area (Å²) in [5.74, 6) is 3.08. The van der Waals surface area contributed by atoms with E-state index < -0.39 is 0 Å². The summed E-state index contributed by atoms with van der Waals surface area (Å²) in [7, 11) is 0. The van der Waals surface area contributed by atoms with Gasteiger partial charge in [0.25, 0.3) is 0 Å². The van der Waals surface area contributed by atoms with Crippen LogP contribution in [0.15, 0.2) is 29.4 Å². The fraction of sp³-hybridized carbons (Fsp3) is 0.727. The molecule has 2 aliphatic rings. The van der Waals surface area contributed by atoms with Crippen LogP contribution in [0.3, 0.4) is 0 Å². The Bertz CT molecular complexity index is 580. The summed E-state index contributed by atoms with van der Waals surface area (Å²) in [5.41, 5.74) is 0. The second-order valence-corrected chi connectivity index (χ2v) is 8.13. The largest absolute Gasteiger partial charge is 0.357 e. The van der Waals surface area contributed by atoms with E-state index >= 15 is 0 Å². The van der Waals surface area contributed by atoms with E-state index in [0.717, 1.165) is 57.0 Å². The molecule has 1 aromatic rings. The van der Waals surface area contributed by atoms with Crippen LogP contribution in [-0.2, 0) is 0 Å². The Balaban J connectivity index is 0.00000300. The van der Waals surface area contributed by atoms with Crippen LogP contribution in [0, 0.1) is 5.92 Å². The van der Waals surface area contributed by atoms with E-state index in [1.165, 1.54) is 45.3 Å². The lowest BCUT2D eigenvalue weighted by Gasteiger charge is -2.37. The van der Waals surface area contributed by atoms with E-state index in [-0.39, 0.29) is 24.0 Å². The van der Waals surface area contributed by atoms with Gasteiger partial charge in [0.1, 0.15) is 5.82 Å². The predicted molar refractivity (Wildman–Crippen MR) is 133 cm³/mol. The van der Waals surface area contributed by atoms with Crippen LogP contribution in [0.2, 0.25) is 0 Å². The number of likely N-dealkylation sites (tertiary alicyclic amines) is 1. The van der Waals surface area contributed by atoms with Gasteiger partial charge in [-0.25, -0.2) is 4.98 Å². The topological polar surface area (TPSA) is 47.0 Å². The average Bonchev–Trinajstić information content (AvgIpc) is 2.75. The van der Waals surface area contributed by atoms with Gasteiger partial charge >= 0.3 is 0 Å². The average molecular weight is 515 g/mol. The van der Waals surface area contributed by atoms with Gasteiger partial charge in [-0.2, -0.15) is 0 Å². The smallest absolute Gasteiger partial charge is 0.194 e. The maximum atomic E-state index is 4.91. The zero-order valence-corrected chi connectivity index (χ0v) is 20.6. The lowest BCUT2D eigenvalue weighted by molar-refractivity contribution is 0.190. The first-order valence-electron chi connectivity index (χ1n) is 11.2. The van der Waals surface area contributed by atoms with Crippen LogP contribution in [0.25, 0.3) is 0 Å². The monoisotopic (exact) mass is 514 g/mol. The van der Waals surface area contributed by atoms with E-state index in [1.54, 1.807) is 0 Å². The minimum Gasteiger partial charge on any atom is -0.357 e. The summed E-state index contributed by atoms with van der Waals surface area (Å²) < 4.78 is 0. The van der Waals surface area contributed by atoms with Crippen molar-refractivity contribution in [3.8, 4) is 0 Å². The standard InChI is InChI=1S/C22H38N6.HI/c1-3-23-22(25-12-6-7-13-26-14-9-20(2)10-15-26)28-18-16-27(17-19-28)21-8-4-5-11-24-21;/h4-5,8,11,20H,3,6-7,9-10,12-19H2,1-2H3,(H,23,25);1H. The first kappa shape index (κ1) is 24.2. The molecule has 0 aliphatic carbocycles. The molecule has 3 rings (SSSR count). The minimum absolute atomic E-state index is 0. The Morgan fingerprint density at radius 1 is 1.10 bits per heavy atom. The maximum Gasteiger partial charge on any atom is 0.194 e. The fourth-order valence-corrected chi connectivity index (χ4v) is 4.03. The minimum atomic E-state index is 0. The number of guanidine groups is 1. The molecule has 0 spiro atoms. The van der Waals surface area contributed by atoms with Crippen molar-refractivity contribution in [2.45, 2.75) is 39.5 Å². The number of pyridine rings is 1. The molecule has 164 valence electrons. The van der Waals surface area contributed by atoms with Crippen molar-refractivity contribution < 1.29 is 0 Å². The third-order valence-corrected chi connectivity index (χ3v) is 5.91. The predicted octanol–water partition coefficient (Wildman–Crippen LogP) is 3.30. The molecule has 29 heavy (non-hydrogen) atoms. The van der Waals surface area contributed by atoms with Crippen LogP contribution >= 0.6 is 24.0 Å². The molecule has 1 aromatic heterocycles. The molecule has 0 radical (unpaired) electrons. The van der Waals surface area contributed by atoms with Crippen molar-refractivity contribution in [3.63, 3.8) is 0 Å². The van der Waals surface area contributed by atoms with Gasteiger partial charge in [0, 0.05) is 45.5 Å². The van der Waals surface area contributed by atoms with Crippen molar-refractivity contribution in [3.05, 3.63) is 24.4 Å². The van der Waals surface area contributed by atoms with Crippen LogP contribution in [0.1, 0.15) is 39.5 Å². The number of rotatable bonds is 7. The van der Waals surface area contributed by atoms with Gasteiger partial charge in [-0.05, 0) is 70.3 Å². The summed E-state index contributed by atoms with van der Waals surface area (Å²) >= 11 is 0. The molecule has 2 saturated heterocycles. The second-order valence-electron chi connectivity index (χ2n) is 8.13. The van der Waals surface area contributed by atoms with Crippen molar-refractivity contribution in [1.29, 1.82) is 0 Å². The molecule has 0 atom stereocenters. The lowest BCUT2D eigenvalue weighted by Crippen LogP contribution is -2.52. The van der Waals surface area contributed by atoms with Crippen molar-refractivity contribution in [1.82, 2.24) is 20.1 Å². The van der Waals surface area contributed by atoms with Crippen molar-refractivity contribution >= 4 is 35.8 Å². The fourth-order valence-electron chi connectivity index (χ4n) is 4.03. The number of aromatic nitrogens is 1. The number of piperazine rings is 1. The number of anilines is 1. The number of nitrogens with zero attached hydrogens (tertiary/aromatic N) is 5. The van der Waals surface area contributed by atoms with Crippen LogP contribution in [0.4, 0.5) is 5.82 Å². The molecule has 6 nitrogen and oxygen atoms in total.